The van der Waals surface area contributed by atoms with Crippen LogP contribution in [0.25, 0.3) is 0 Å². The molecule has 0 spiro atoms. The van der Waals surface area contributed by atoms with Gasteiger partial charge in [0.2, 0.25) is 0 Å². The van der Waals surface area contributed by atoms with Gasteiger partial charge in [0.1, 0.15) is 19.2 Å². The zero-order valence-electron chi connectivity index (χ0n) is 15.0. The van der Waals surface area contributed by atoms with Gasteiger partial charge in [-0.3, -0.25) is 4.79 Å². The van der Waals surface area contributed by atoms with Crippen molar-refractivity contribution in [3.05, 3.63) is 47.5 Å². The summed E-state index contributed by atoms with van der Waals surface area (Å²) < 4.78 is 6.46. The minimum atomic E-state index is -0.673. The molecule has 0 fully saturated rings. The first-order valence-corrected chi connectivity index (χ1v) is 8.43. The minimum Gasteiger partial charge on any atom is -0.609 e. The summed E-state index contributed by atoms with van der Waals surface area (Å²) in [5, 5.41) is 12.3. The molecule has 1 aromatic rings. The standard InChI is InChI=1S/C20H26N2O3/c1-5-8-15-21(4)18(20(24)25-7-3)19(23)22(14-6-2)16-17-12-10-9-11-13-17/h2,9-13H,4-5,7-8,14-16H2,1,3H3. The number of carbonyl (C=O) groups excluding carboxylic acids is 1. The maximum atomic E-state index is 13.0. The number of ether oxygens (including phenoxy) is 1. The second-order valence-corrected chi connectivity index (χ2v) is 5.54. The summed E-state index contributed by atoms with van der Waals surface area (Å²) in [6.07, 6.45) is 7.15. The molecule has 0 aliphatic heterocycles. The van der Waals surface area contributed by atoms with Crippen molar-refractivity contribution in [3.63, 3.8) is 0 Å². The average molecular weight is 342 g/mol. The van der Waals surface area contributed by atoms with Crippen LogP contribution in [0.15, 0.2) is 42.0 Å². The number of terminal acetylenes is 1. The predicted octanol–water partition coefficient (Wildman–Crippen LogP) is 1.73. The minimum absolute atomic E-state index is 0.0820. The van der Waals surface area contributed by atoms with Crippen molar-refractivity contribution in [2.75, 3.05) is 19.7 Å². The van der Waals surface area contributed by atoms with Crippen LogP contribution >= 0.6 is 0 Å². The number of unbranched alkanes of at least 4 members (excludes halogenated alkanes) is 1. The molecule has 0 heterocycles. The lowest BCUT2D eigenvalue weighted by atomic mass is 10.2. The van der Waals surface area contributed by atoms with E-state index in [-0.39, 0.29) is 18.8 Å². The van der Waals surface area contributed by atoms with Crippen molar-refractivity contribution in [3.8, 4) is 12.3 Å². The molecular formula is C20H26N2O3. The van der Waals surface area contributed by atoms with Gasteiger partial charge in [-0.2, -0.15) is 4.58 Å². The molecule has 25 heavy (non-hydrogen) atoms. The van der Waals surface area contributed by atoms with E-state index >= 15 is 0 Å². The lowest BCUT2D eigenvalue weighted by Crippen LogP contribution is -2.38. The summed E-state index contributed by atoms with van der Waals surface area (Å²) >= 11 is 0. The fraction of sp³-hybridized carbons (Fsp3) is 0.400. The molecule has 5 heteroatoms. The number of amides is 1. The van der Waals surface area contributed by atoms with Crippen molar-refractivity contribution in [1.82, 2.24) is 4.90 Å². The van der Waals surface area contributed by atoms with Crippen molar-refractivity contribution >= 4 is 12.6 Å². The SMILES string of the molecule is C#CCN(Cc1ccccc1)C(=O)/C(=C(\[O-])OCC)[N+](=C)CCCC. The van der Waals surface area contributed by atoms with Gasteiger partial charge in [-0.25, -0.2) is 0 Å². The van der Waals surface area contributed by atoms with Gasteiger partial charge >= 0.3 is 5.91 Å². The lowest BCUT2D eigenvalue weighted by Gasteiger charge is -2.23. The van der Waals surface area contributed by atoms with Crippen molar-refractivity contribution in [2.24, 2.45) is 0 Å². The van der Waals surface area contributed by atoms with E-state index in [9.17, 15) is 9.90 Å². The number of hydrogen-bond donors (Lipinski definition) is 0. The van der Waals surface area contributed by atoms with Gasteiger partial charge in [-0.15, -0.1) is 6.42 Å². The molecule has 0 radical (unpaired) electrons. The Hall–Kier alpha value is -2.74. The molecule has 0 saturated carbocycles. The number of benzene rings is 1. The van der Waals surface area contributed by atoms with Crippen LogP contribution in [-0.2, 0) is 16.1 Å². The molecule has 0 atom stereocenters. The maximum absolute atomic E-state index is 13.0. The monoisotopic (exact) mass is 342 g/mol. The Kier molecular flexibility index (Phi) is 8.87. The van der Waals surface area contributed by atoms with Crippen LogP contribution in [0.1, 0.15) is 32.3 Å². The summed E-state index contributed by atoms with van der Waals surface area (Å²) in [4.78, 5) is 14.4. The van der Waals surface area contributed by atoms with Gasteiger partial charge < -0.3 is 14.7 Å². The summed E-state index contributed by atoms with van der Waals surface area (Å²) in [6, 6.07) is 9.48. The van der Waals surface area contributed by atoms with Crippen LogP contribution < -0.4 is 5.11 Å². The van der Waals surface area contributed by atoms with E-state index in [2.05, 4.69) is 12.6 Å². The Morgan fingerprint density at radius 2 is 2.04 bits per heavy atom. The summed E-state index contributed by atoms with van der Waals surface area (Å²) in [5.74, 6) is 1.34. The molecule has 1 rings (SSSR count). The fourth-order valence-corrected chi connectivity index (χ4v) is 2.28. The molecule has 0 unspecified atom stereocenters. The maximum Gasteiger partial charge on any atom is 0.321 e. The fourth-order valence-electron chi connectivity index (χ4n) is 2.28. The summed E-state index contributed by atoms with van der Waals surface area (Å²) in [5.41, 5.74) is 0.847. The molecule has 0 N–H and O–H groups in total. The molecule has 0 aliphatic carbocycles. The Labute approximate surface area is 150 Å². The molecule has 0 aromatic heterocycles. The van der Waals surface area contributed by atoms with E-state index in [1.165, 1.54) is 9.48 Å². The van der Waals surface area contributed by atoms with Crippen LogP contribution in [0.5, 0.6) is 0 Å². The van der Waals surface area contributed by atoms with E-state index in [1.54, 1.807) is 6.92 Å². The Balaban J connectivity index is 3.11. The molecule has 134 valence electrons. The molecule has 5 nitrogen and oxygen atoms in total. The lowest BCUT2D eigenvalue weighted by molar-refractivity contribution is -0.484. The van der Waals surface area contributed by atoms with E-state index in [0.29, 0.717) is 13.1 Å². The highest BCUT2D eigenvalue weighted by Crippen LogP contribution is 2.12. The zero-order valence-corrected chi connectivity index (χ0v) is 15.0. The van der Waals surface area contributed by atoms with Gasteiger partial charge in [0, 0.05) is 13.0 Å². The smallest absolute Gasteiger partial charge is 0.321 e. The molecule has 0 bridgehead atoms. The Morgan fingerprint density at radius 1 is 1.36 bits per heavy atom. The zero-order chi connectivity index (χ0) is 18.7. The second-order valence-electron chi connectivity index (χ2n) is 5.54. The third-order valence-electron chi connectivity index (χ3n) is 3.55. The third-order valence-corrected chi connectivity index (χ3v) is 3.55. The number of nitrogens with zero attached hydrogens (tertiary/aromatic N) is 2. The molecule has 1 amide bonds. The predicted molar refractivity (Wildman–Crippen MR) is 96.5 cm³/mol. The average Bonchev–Trinajstić information content (AvgIpc) is 2.60. The Morgan fingerprint density at radius 3 is 2.60 bits per heavy atom. The molecule has 0 aliphatic rings. The normalized spacial score (nSPS) is 11.2. The number of carbonyl (C=O) groups is 1. The van der Waals surface area contributed by atoms with Gasteiger partial charge in [-0.05, 0) is 12.2 Å². The van der Waals surface area contributed by atoms with E-state index in [1.807, 2.05) is 37.3 Å². The number of rotatable bonds is 10. The first-order valence-electron chi connectivity index (χ1n) is 8.43. The molecular weight excluding hydrogens is 316 g/mol. The van der Waals surface area contributed by atoms with E-state index < -0.39 is 11.9 Å². The highest BCUT2D eigenvalue weighted by molar-refractivity contribution is 5.91. The van der Waals surface area contributed by atoms with Crippen molar-refractivity contribution < 1.29 is 19.2 Å². The highest BCUT2D eigenvalue weighted by Gasteiger charge is 2.28. The van der Waals surface area contributed by atoms with Crippen LogP contribution in [0, 0.1) is 12.3 Å². The van der Waals surface area contributed by atoms with Crippen molar-refractivity contribution in [2.45, 2.75) is 33.2 Å². The largest absolute Gasteiger partial charge is 0.609 e. The second kappa shape index (κ2) is 10.9. The molecule has 0 saturated heterocycles. The highest BCUT2D eigenvalue weighted by atomic mass is 16.6. The van der Waals surface area contributed by atoms with Gasteiger partial charge in [0.25, 0.3) is 5.70 Å². The van der Waals surface area contributed by atoms with Crippen LogP contribution in [-0.4, -0.2) is 41.8 Å². The van der Waals surface area contributed by atoms with Crippen LogP contribution in [0.4, 0.5) is 0 Å². The van der Waals surface area contributed by atoms with Crippen LogP contribution in [0.2, 0.25) is 0 Å². The van der Waals surface area contributed by atoms with Crippen LogP contribution in [0.3, 0.4) is 0 Å². The topological polar surface area (TPSA) is 55.6 Å². The first kappa shape index (κ1) is 20.3. The quantitative estimate of drug-likeness (QED) is 0.214. The van der Waals surface area contributed by atoms with Gasteiger partial charge in [0.15, 0.2) is 0 Å². The molecule has 1 aromatic carbocycles. The summed E-state index contributed by atoms with van der Waals surface area (Å²) in [7, 11) is 0. The van der Waals surface area contributed by atoms with Gasteiger partial charge in [0.05, 0.1) is 6.54 Å². The summed E-state index contributed by atoms with van der Waals surface area (Å²) in [6.45, 7) is 8.66. The van der Waals surface area contributed by atoms with E-state index in [0.717, 1.165) is 18.4 Å². The first-order chi connectivity index (χ1) is 12.0. The van der Waals surface area contributed by atoms with Gasteiger partial charge in [-0.1, -0.05) is 56.5 Å². The van der Waals surface area contributed by atoms with E-state index in [4.69, 9.17) is 11.2 Å². The third kappa shape index (κ3) is 6.34. The van der Waals surface area contributed by atoms with Crippen molar-refractivity contribution in [1.29, 1.82) is 0 Å². The number of hydrogen-bond acceptors (Lipinski definition) is 3. The Bertz CT molecular complexity index is 645.